The van der Waals surface area contributed by atoms with E-state index < -0.39 is 0 Å². The van der Waals surface area contributed by atoms with Gasteiger partial charge in [0, 0.05) is 23.5 Å². The zero-order valence-electron chi connectivity index (χ0n) is 10.4. The van der Waals surface area contributed by atoms with E-state index in [1.165, 1.54) is 0 Å². The van der Waals surface area contributed by atoms with Gasteiger partial charge in [-0.3, -0.25) is 0 Å². The monoisotopic (exact) mass is 263 g/mol. The van der Waals surface area contributed by atoms with Gasteiger partial charge in [0.2, 0.25) is 5.88 Å². The summed E-state index contributed by atoms with van der Waals surface area (Å²) in [7, 11) is 1.58. The first-order valence-electron chi connectivity index (χ1n) is 5.76. The Hall–Kier alpha value is -1.68. The van der Waals surface area contributed by atoms with Crippen molar-refractivity contribution in [2.75, 3.05) is 7.11 Å². The van der Waals surface area contributed by atoms with E-state index in [2.05, 4.69) is 21.9 Å². The number of aromatic nitrogens is 3. The molecule has 0 N–H and O–H groups in total. The summed E-state index contributed by atoms with van der Waals surface area (Å²) < 4.78 is 5.01. The Labute approximate surface area is 111 Å². The molecule has 0 saturated carbocycles. The molecule has 0 fully saturated rings. The van der Waals surface area contributed by atoms with Gasteiger partial charge in [-0.25, -0.2) is 15.0 Å². The van der Waals surface area contributed by atoms with Crippen molar-refractivity contribution < 1.29 is 4.74 Å². The number of pyridine rings is 1. The molecular formula is C13H14ClN3O. The van der Waals surface area contributed by atoms with Crippen molar-refractivity contribution in [1.29, 1.82) is 0 Å². The Morgan fingerprint density at radius 1 is 1.28 bits per heavy atom. The van der Waals surface area contributed by atoms with Crippen LogP contribution in [0.15, 0.2) is 24.4 Å². The highest BCUT2D eigenvalue weighted by Gasteiger charge is 2.06. The molecule has 94 valence electrons. The van der Waals surface area contributed by atoms with Gasteiger partial charge in [-0.2, -0.15) is 0 Å². The Morgan fingerprint density at radius 2 is 2.11 bits per heavy atom. The van der Waals surface area contributed by atoms with Gasteiger partial charge >= 0.3 is 0 Å². The third-order valence-electron chi connectivity index (χ3n) is 2.46. The van der Waals surface area contributed by atoms with Gasteiger partial charge in [0.25, 0.3) is 0 Å². The maximum Gasteiger partial charge on any atom is 0.212 e. The van der Waals surface area contributed by atoms with Crippen LogP contribution < -0.4 is 4.74 Å². The molecule has 2 heterocycles. The lowest BCUT2D eigenvalue weighted by Gasteiger charge is -2.05. The molecule has 0 spiro atoms. The highest BCUT2D eigenvalue weighted by Crippen LogP contribution is 2.19. The Morgan fingerprint density at radius 3 is 2.72 bits per heavy atom. The van der Waals surface area contributed by atoms with Crippen molar-refractivity contribution >= 4 is 11.6 Å². The molecule has 4 nitrogen and oxygen atoms in total. The predicted octanol–water partition coefficient (Wildman–Crippen LogP) is 3.15. The number of rotatable bonds is 4. The molecule has 2 aromatic rings. The Bertz CT molecular complexity index is 528. The molecule has 0 amide bonds. The van der Waals surface area contributed by atoms with Crippen molar-refractivity contribution in [3.05, 3.63) is 35.2 Å². The van der Waals surface area contributed by atoms with Gasteiger partial charge in [-0.15, -0.1) is 0 Å². The molecule has 0 aliphatic carbocycles. The summed E-state index contributed by atoms with van der Waals surface area (Å²) in [5.74, 6) is 1.16. The van der Waals surface area contributed by atoms with Crippen molar-refractivity contribution in [1.82, 2.24) is 15.0 Å². The number of ether oxygens (including phenoxy) is 1. The summed E-state index contributed by atoms with van der Waals surface area (Å²) in [6.45, 7) is 2.10. The molecule has 0 radical (unpaired) electrons. The molecular weight excluding hydrogens is 250 g/mol. The number of aryl methyl sites for hydroxylation is 1. The smallest absolute Gasteiger partial charge is 0.212 e. The second kappa shape index (κ2) is 5.78. The van der Waals surface area contributed by atoms with Gasteiger partial charge in [0.15, 0.2) is 5.82 Å². The maximum absolute atomic E-state index is 6.00. The minimum absolute atomic E-state index is 0.458. The Kier molecular flexibility index (Phi) is 4.10. The minimum Gasteiger partial charge on any atom is -0.481 e. The quantitative estimate of drug-likeness (QED) is 0.795. The summed E-state index contributed by atoms with van der Waals surface area (Å²) in [4.78, 5) is 12.8. The first kappa shape index (κ1) is 12.8. The molecule has 0 saturated heterocycles. The van der Waals surface area contributed by atoms with Crippen LogP contribution in [0.3, 0.4) is 0 Å². The van der Waals surface area contributed by atoms with E-state index in [0.29, 0.717) is 16.9 Å². The fourth-order valence-electron chi connectivity index (χ4n) is 1.61. The van der Waals surface area contributed by atoms with E-state index in [4.69, 9.17) is 16.3 Å². The normalized spacial score (nSPS) is 10.4. The second-order valence-corrected chi connectivity index (χ2v) is 4.23. The standard InChI is InChI=1S/C13H14ClN3O/c1-3-4-10-7-11(14)17-13(16-10)9-5-6-12(18-2)15-8-9/h5-8H,3-4H2,1-2H3. The molecule has 0 aromatic carbocycles. The summed E-state index contributed by atoms with van der Waals surface area (Å²) in [6.07, 6.45) is 3.59. The topological polar surface area (TPSA) is 47.9 Å². The van der Waals surface area contributed by atoms with Crippen LogP contribution in [0, 0.1) is 0 Å². The predicted molar refractivity (Wildman–Crippen MR) is 70.8 cm³/mol. The molecule has 2 aromatic heterocycles. The number of halogens is 1. The van der Waals surface area contributed by atoms with Gasteiger partial charge in [-0.1, -0.05) is 24.9 Å². The van der Waals surface area contributed by atoms with Gasteiger partial charge in [0.05, 0.1) is 7.11 Å². The van der Waals surface area contributed by atoms with Gasteiger partial charge < -0.3 is 4.74 Å². The van der Waals surface area contributed by atoms with Crippen LogP contribution in [0.1, 0.15) is 19.0 Å². The van der Waals surface area contributed by atoms with E-state index in [-0.39, 0.29) is 0 Å². The van der Waals surface area contributed by atoms with Crippen molar-refractivity contribution in [3.8, 4) is 17.3 Å². The molecule has 0 unspecified atom stereocenters. The van der Waals surface area contributed by atoms with E-state index in [9.17, 15) is 0 Å². The molecule has 0 aliphatic heterocycles. The number of hydrogen-bond donors (Lipinski definition) is 0. The van der Waals surface area contributed by atoms with E-state index in [0.717, 1.165) is 24.1 Å². The third-order valence-corrected chi connectivity index (χ3v) is 2.65. The van der Waals surface area contributed by atoms with Gasteiger partial charge in [0.1, 0.15) is 5.15 Å². The molecule has 0 aliphatic rings. The van der Waals surface area contributed by atoms with Crippen molar-refractivity contribution in [2.24, 2.45) is 0 Å². The van der Waals surface area contributed by atoms with Crippen LogP contribution in [0.25, 0.3) is 11.4 Å². The highest BCUT2D eigenvalue weighted by molar-refractivity contribution is 6.29. The molecule has 18 heavy (non-hydrogen) atoms. The number of hydrogen-bond acceptors (Lipinski definition) is 4. The third kappa shape index (κ3) is 2.96. The minimum atomic E-state index is 0.458. The van der Waals surface area contributed by atoms with Crippen LogP contribution in [-0.4, -0.2) is 22.1 Å². The summed E-state index contributed by atoms with van der Waals surface area (Å²) in [5, 5.41) is 0.458. The molecule has 5 heteroatoms. The summed E-state index contributed by atoms with van der Waals surface area (Å²) >= 11 is 6.00. The van der Waals surface area contributed by atoms with Crippen molar-refractivity contribution in [2.45, 2.75) is 19.8 Å². The fraction of sp³-hybridized carbons (Fsp3) is 0.308. The SMILES string of the molecule is CCCc1cc(Cl)nc(-c2ccc(OC)nc2)n1. The largest absolute Gasteiger partial charge is 0.481 e. The van der Waals surface area contributed by atoms with Crippen LogP contribution in [0.2, 0.25) is 5.15 Å². The zero-order chi connectivity index (χ0) is 13.0. The van der Waals surface area contributed by atoms with Crippen LogP contribution >= 0.6 is 11.6 Å². The van der Waals surface area contributed by atoms with E-state index >= 15 is 0 Å². The van der Waals surface area contributed by atoms with Crippen LogP contribution in [0.4, 0.5) is 0 Å². The average Bonchev–Trinajstić information content (AvgIpc) is 2.38. The van der Waals surface area contributed by atoms with Crippen LogP contribution in [-0.2, 0) is 6.42 Å². The summed E-state index contributed by atoms with van der Waals surface area (Å²) in [6, 6.07) is 5.44. The lowest BCUT2D eigenvalue weighted by Crippen LogP contribution is -1.97. The van der Waals surface area contributed by atoms with E-state index in [1.807, 2.05) is 6.07 Å². The first-order valence-corrected chi connectivity index (χ1v) is 6.14. The lowest BCUT2D eigenvalue weighted by molar-refractivity contribution is 0.398. The highest BCUT2D eigenvalue weighted by atomic mass is 35.5. The van der Waals surface area contributed by atoms with Crippen molar-refractivity contribution in [3.63, 3.8) is 0 Å². The molecule has 0 atom stereocenters. The zero-order valence-corrected chi connectivity index (χ0v) is 11.1. The summed E-state index contributed by atoms with van der Waals surface area (Å²) in [5.41, 5.74) is 1.78. The van der Waals surface area contributed by atoms with E-state index in [1.54, 1.807) is 25.4 Å². The second-order valence-electron chi connectivity index (χ2n) is 3.84. The lowest BCUT2D eigenvalue weighted by atomic mass is 10.2. The molecule has 0 bridgehead atoms. The number of nitrogens with zero attached hydrogens (tertiary/aromatic N) is 3. The molecule has 2 rings (SSSR count). The first-order chi connectivity index (χ1) is 8.72. The van der Waals surface area contributed by atoms with Gasteiger partial charge in [-0.05, 0) is 18.6 Å². The fourth-order valence-corrected chi connectivity index (χ4v) is 1.82. The van der Waals surface area contributed by atoms with Crippen LogP contribution in [0.5, 0.6) is 5.88 Å². The average molecular weight is 264 g/mol. The Balaban J connectivity index is 2.36. The maximum atomic E-state index is 6.00. The number of methoxy groups -OCH3 is 1.